The first-order valence-corrected chi connectivity index (χ1v) is 12.0. The molecule has 0 spiro atoms. The minimum Gasteiger partial charge on any atom is -0.368 e. The van der Waals surface area contributed by atoms with Gasteiger partial charge in [-0.1, -0.05) is 72.3 Å². The molecule has 0 aliphatic carbocycles. The number of nitrogens with one attached hydrogen (secondary N) is 1. The lowest BCUT2D eigenvalue weighted by atomic mass is 9.66. The van der Waals surface area contributed by atoms with Crippen molar-refractivity contribution in [2.45, 2.75) is 35.7 Å². The Morgan fingerprint density at radius 1 is 1.03 bits per heavy atom. The van der Waals surface area contributed by atoms with Crippen LogP contribution in [-0.2, 0) is 15.4 Å². The number of anilines is 1. The first kappa shape index (κ1) is 20.0. The Kier molecular flexibility index (Phi) is 4.76. The number of benzene rings is 3. The highest BCUT2D eigenvalue weighted by Crippen LogP contribution is 2.57. The third-order valence-corrected chi connectivity index (χ3v) is 8.70. The molecule has 1 N–H and O–H groups in total. The summed E-state index contributed by atoms with van der Waals surface area (Å²) in [6.45, 7) is 6.59. The van der Waals surface area contributed by atoms with E-state index in [0.29, 0.717) is 11.4 Å². The molecule has 5 heteroatoms. The van der Waals surface area contributed by atoms with Crippen molar-refractivity contribution in [1.82, 2.24) is 4.31 Å². The molecule has 0 aromatic heterocycles. The molecule has 1 fully saturated rings. The SMILES string of the molecule is C=C[C@@H](c1ccccc1)[C@@]12CCN(S(=O)(=O)c3ccc(C)cc3)[C@@H]1Nc1ccccc12. The summed E-state index contributed by atoms with van der Waals surface area (Å²) in [6.07, 6.45) is 2.33. The van der Waals surface area contributed by atoms with Crippen LogP contribution in [0.2, 0.25) is 0 Å². The van der Waals surface area contributed by atoms with Gasteiger partial charge in [0.1, 0.15) is 6.17 Å². The van der Waals surface area contributed by atoms with Crippen molar-refractivity contribution >= 4 is 15.7 Å². The van der Waals surface area contributed by atoms with Crippen LogP contribution >= 0.6 is 0 Å². The maximum absolute atomic E-state index is 13.7. The zero-order valence-electron chi connectivity index (χ0n) is 17.5. The fraction of sp³-hybridized carbons (Fsp3) is 0.231. The average Bonchev–Trinajstić information content (AvgIpc) is 3.30. The van der Waals surface area contributed by atoms with Gasteiger partial charge < -0.3 is 5.32 Å². The first-order valence-electron chi connectivity index (χ1n) is 10.6. The molecule has 158 valence electrons. The molecule has 2 heterocycles. The summed E-state index contributed by atoms with van der Waals surface area (Å²) in [6, 6.07) is 25.6. The summed E-state index contributed by atoms with van der Waals surface area (Å²) >= 11 is 0. The lowest BCUT2D eigenvalue weighted by molar-refractivity contribution is 0.319. The van der Waals surface area contributed by atoms with Crippen molar-refractivity contribution in [2.24, 2.45) is 0 Å². The number of para-hydroxylation sites is 1. The molecule has 4 nitrogen and oxygen atoms in total. The summed E-state index contributed by atoms with van der Waals surface area (Å²) in [5.74, 6) is -0.0203. The molecule has 0 bridgehead atoms. The first-order chi connectivity index (χ1) is 15.0. The molecule has 3 aromatic rings. The quantitative estimate of drug-likeness (QED) is 0.577. The predicted octanol–water partition coefficient (Wildman–Crippen LogP) is 5.05. The fourth-order valence-corrected chi connectivity index (χ4v) is 6.97. The van der Waals surface area contributed by atoms with Crippen molar-refractivity contribution in [3.8, 4) is 0 Å². The van der Waals surface area contributed by atoms with E-state index < -0.39 is 15.4 Å². The Balaban J connectivity index is 1.65. The standard InChI is InChI=1S/C26H26N2O2S/c1-3-22(20-9-5-4-6-10-20)26-17-18-28(25(26)27-24-12-8-7-11-23(24)26)31(29,30)21-15-13-19(2)14-16-21/h3-16,22,25,27H,1,17-18H2,2H3/t22-,25-,26+/m0/s1. The minimum atomic E-state index is -3.65. The average molecular weight is 431 g/mol. The molecular weight excluding hydrogens is 404 g/mol. The number of hydrogen-bond acceptors (Lipinski definition) is 3. The molecule has 5 rings (SSSR count). The molecule has 2 aliphatic heterocycles. The Morgan fingerprint density at radius 2 is 1.71 bits per heavy atom. The molecule has 0 unspecified atom stereocenters. The van der Waals surface area contributed by atoms with Crippen molar-refractivity contribution in [2.75, 3.05) is 11.9 Å². The number of hydrogen-bond donors (Lipinski definition) is 1. The van der Waals surface area contributed by atoms with Crippen LogP contribution in [0.5, 0.6) is 0 Å². The Labute approximate surface area is 184 Å². The van der Waals surface area contributed by atoms with E-state index in [-0.39, 0.29) is 12.1 Å². The smallest absolute Gasteiger partial charge is 0.244 e. The van der Waals surface area contributed by atoms with E-state index in [1.54, 1.807) is 16.4 Å². The van der Waals surface area contributed by atoms with Crippen LogP contribution in [0.4, 0.5) is 5.69 Å². The Hall–Kier alpha value is -2.89. The maximum Gasteiger partial charge on any atom is 0.244 e. The molecule has 0 radical (unpaired) electrons. The van der Waals surface area contributed by atoms with Crippen molar-refractivity contribution < 1.29 is 8.42 Å². The summed E-state index contributed by atoms with van der Waals surface area (Å²) in [5, 5.41) is 3.56. The van der Waals surface area contributed by atoms with Crippen molar-refractivity contribution in [3.05, 3.63) is 108 Å². The number of rotatable bonds is 5. The zero-order valence-corrected chi connectivity index (χ0v) is 18.3. The van der Waals surface area contributed by atoms with Gasteiger partial charge in [-0.3, -0.25) is 0 Å². The van der Waals surface area contributed by atoms with Crippen molar-refractivity contribution in [1.29, 1.82) is 0 Å². The van der Waals surface area contributed by atoms with E-state index >= 15 is 0 Å². The van der Waals surface area contributed by atoms with Gasteiger partial charge in [0.15, 0.2) is 0 Å². The minimum absolute atomic E-state index is 0.0203. The van der Waals surface area contributed by atoms with Gasteiger partial charge in [0, 0.05) is 23.6 Å². The van der Waals surface area contributed by atoms with E-state index in [1.165, 1.54) is 0 Å². The van der Waals surface area contributed by atoms with E-state index in [2.05, 4.69) is 30.1 Å². The Bertz CT molecular complexity index is 1220. The second-order valence-corrected chi connectivity index (χ2v) is 10.3. The highest BCUT2D eigenvalue weighted by atomic mass is 32.2. The van der Waals surface area contributed by atoms with Crippen molar-refractivity contribution in [3.63, 3.8) is 0 Å². The van der Waals surface area contributed by atoms with Gasteiger partial charge in [0.05, 0.1) is 4.90 Å². The molecular formula is C26H26N2O2S. The lowest BCUT2D eigenvalue weighted by Crippen LogP contribution is -2.48. The Morgan fingerprint density at radius 3 is 2.42 bits per heavy atom. The fourth-order valence-electron chi connectivity index (χ4n) is 5.36. The topological polar surface area (TPSA) is 49.4 Å². The number of fused-ring (bicyclic) bond motifs is 3. The zero-order chi connectivity index (χ0) is 21.6. The summed E-state index contributed by atoms with van der Waals surface area (Å²) in [5.41, 5.74) is 3.93. The van der Waals surface area contributed by atoms with Gasteiger partial charge in [-0.2, -0.15) is 4.31 Å². The third-order valence-electron chi connectivity index (χ3n) is 6.82. The highest BCUT2D eigenvalue weighted by Gasteiger charge is 2.60. The lowest BCUT2D eigenvalue weighted by Gasteiger charge is -2.38. The summed E-state index contributed by atoms with van der Waals surface area (Å²) in [4.78, 5) is 0.335. The van der Waals surface area contributed by atoms with E-state index in [4.69, 9.17) is 0 Å². The van der Waals surface area contributed by atoms with Crippen LogP contribution in [0.15, 0.2) is 96.4 Å². The van der Waals surface area contributed by atoms with Gasteiger partial charge in [-0.05, 0) is 42.7 Å². The molecule has 1 saturated heterocycles. The van der Waals surface area contributed by atoms with Crippen LogP contribution in [0.25, 0.3) is 0 Å². The van der Waals surface area contributed by atoms with Crippen LogP contribution in [-0.4, -0.2) is 25.4 Å². The van der Waals surface area contributed by atoms with Crippen LogP contribution in [0.1, 0.15) is 29.0 Å². The van der Waals surface area contributed by atoms with Crippen LogP contribution in [0.3, 0.4) is 0 Å². The van der Waals surface area contributed by atoms with Gasteiger partial charge in [0.2, 0.25) is 10.0 Å². The van der Waals surface area contributed by atoms with Crippen LogP contribution in [0, 0.1) is 6.92 Å². The van der Waals surface area contributed by atoms with Gasteiger partial charge in [0.25, 0.3) is 0 Å². The highest BCUT2D eigenvalue weighted by molar-refractivity contribution is 7.89. The largest absolute Gasteiger partial charge is 0.368 e. The molecule has 0 amide bonds. The number of allylic oxidation sites excluding steroid dienone is 1. The van der Waals surface area contributed by atoms with E-state index in [0.717, 1.165) is 28.8 Å². The molecule has 3 aromatic carbocycles. The molecule has 31 heavy (non-hydrogen) atoms. The summed E-state index contributed by atoms with van der Waals surface area (Å²) < 4.78 is 29.0. The third kappa shape index (κ3) is 2.95. The predicted molar refractivity (Wildman–Crippen MR) is 125 cm³/mol. The van der Waals surface area contributed by atoms with Crippen LogP contribution < -0.4 is 5.32 Å². The number of nitrogens with zero attached hydrogens (tertiary/aromatic N) is 1. The molecule has 2 aliphatic rings. The van der Waals surface area contributed by atoms with Gasteiger partial charge >= 0.3 is 0 Å². The maximum atomic E-state index is 13.7. The van der Waals surface area contributed by atoms with E-state index in [1.807, 2.05) is 61.5 Å². The second kappa shape index (κ2) is 7.36. The van der Waals surface area contributed by atoms with Gasteiger partial charge in [-0.25, -0.2) is 8.42 Å². The molecule has 3 atom stereocenters. The second-order valence-electron chi connectivity index (χ2n) is 8.44. The normalized spacial score (nSPS) is 23.6. The summed E-state index contributed by atoms with van der Waals surface area (Å²) in [7, 11) is -3.65. The molecule has 0 saturated carbocycles. The van der Waals surface area contributed by atoms with Gasteiger partial charge in [-0.15, -0.1) is 6.58 Å². The van der Waals surface area contributed by atoms with E-state index in [9.17, 15) is 8.42 Å². The monoisotopic (exact) mass is 430 g/mol. The number of sulfonamides is 1. The number of aryl methyl sites for hydroxylation is 1.